The van der Waals surface area contributed by atoms with Gasteiger partial charge in [-0.1, -0.05) is 50.5 Å². The van der Waals surface area contributed by atoms with E-state index in [-0.39, 0.29) is 12.0 Å². The van der Waals surface area contributed by atoms with Crippen LogP contribution in [0.3, 0.4) is 0 Å². The molecule has 1 N–H and O–H groups in total. The van der Waals surface area contributed by atoms with Gasteiger partial charge >= 0.3 is 5.97 Å². The summed E-state index contributed by atoms with van der Waals surface area (Å²) in [7, 11) is 1.36. The molecule has 38 heavy (non-hydrogen) atoms. The van der Waals surface area contributed by atoms with Crippen LogP contribution in [0, 0.1) is 11.8 Å². The first-order valence-electron chi connectivity index (χ1n) is 15.2. The summed E-state index contributed by atoms with van der Waals surface area (Å²) in [4.78, 5) is 13.1. The summed E-state index contributed by atoms with van der Waals surface area (Å²) in [5.74, 6) is -1.46. The summed E-state index contributed by atoms with van der Waals surface area (Å²) >= 11 is 0. The van der Waals surface area contributed by atoms with Crippen LogP contribution in [-0.2, 0) is 28.5 Å². The van der Waals surface area contributed by atoms with Crippen LogP contribution in [0.25, 0.3) is 0 Å². The highest BCUT2D eigenvalue weighted by atomic mass is 16.8. The number of ether oxygens (including phenoxy) is 5. The summed E-state index contributed by atoms with van der Waals surface area (Å²) in [6.07, 6.45) is 22.8. The van der Waals surface area contributed by atoms with Crippen molar-refractivity contribution in [1.29, 1.82) is 0 Å². The third kappa shape index (κ3) is 10.1. The SMILES string of the molecule is CCCCCC/C=C/[C@H]1CCC(O)[C@@H]1C/C=C\CCC(OC1CCCCO1)(OC1CCCCO1)C(=O)OC. The number of unbranched alkanes of at least 4 members (excludes halogenated alkanes) is 4. The lowest BCUT2D eigenvalue weighted by Crippen LogP contribution is -2.51. The van der Waals surface area contributed by atoms with Crippen molar-refractivity contribution in [2.24, 2.45) is 11.8 Å². The van der Waals surface area contributed by atoms with Crippen molar-refractivity contribution >= 4 is 5.97 Å². The van der Waals surface area contributed by atoms with E-state index in [4.69, 9.17) is 23.7 Å². The maximum Gasteiger partial charge on any atom is 0.366 e. The maximum absolute atomic E-state index is 13.1. The van der Waals surface area contributed by atoms with Crippen LogP contribution in [0.4, 0.5) is 0 Å². The number of hydrogen-bond donors (Lipinski definition) is 1. The van der Waals surface area contributed by atoms with Crippen molar-refractivity contribution < 1.29 is 33.6 Å². The molecule has 1 saturated carbocycles. The number of rotatable bonds is 16. The van der Waals surface area contributed by atoms with Crippen LogP contribution < -0.4 is 0 Å². The first kappa shape index (κ1) is 31.3. The Hall–Kier alpha value is -1.25. The standard InChI is InChI=1S/C31H52O7/c1-3-4-5-6-7-9-16-25-20-21-27(32)26(25)17-10-8-13-22-31(30(33)34-2,37-28-18-11-14-23-35-28)38-29-19-12-15-24-36-29/h8-10,16,25-29,32H,3-7,11-15,17-24H2,1-2H3/b10-8-,16-9+/t25-,26+,27?,28?,29?,31?/m0/s1. The van der Waals surface area contributed by atoms with E-state index in [9.17, 15) is 9.90 Å². The Morgan fingerprint density at radius 1 is 0.895 bits per heavy atom. The van der Waals surface area contributed by atoms with Crippen molar-refractivity contribution in [2.75, 3.05) is 20.3 Å². The molecule has 7 heteroatoms. The van der Waals surface area contributed by atoms with E-state index in [2.05, 4.69) is 31.2 Å². The average Bonchev–Trinajstić information content (AvgIpc) is 3.29. The number of methoxy groups -OCH3 is 1. The quantitative estimate of drug-likeness (QED) is 0.103. The van der Waals surface area contributed by atoms with Gasteiger partial charge in [-0.3, -0.25) is 0 Å². The fourth-order valence-electron chi connectivity index (χ4n) is 5.78. The molecule has 0 radical (unpaired) electrons. The van der Waals surface area contributed by atoms with E-state index in [1.807, 2.05) is 0 Å². The molecule has 2 aliphatic heterocycles. The molecule has 7 nitrogen and oxygen atoms in total. The fraction of sp³-hybridized carbons (Fsp3) is 0.839. The van der Waals surface area contributed by atoms with Gasteiger partial charge in [0.25, 0.3) is 5.79 Å². The molecule has 3 rings (SSSR count). The van der Waals surface area contributed by atoms with Crippen LogP contribution in [0.1, 0.15) is 110 Å². The number of hydrogen-bond acceptors (Lipinski definition) is 7. The van der Waals surface area contributed by atoms with Crippen LogP contribution in [0.2, 0.25) is 0 Å². The molecule has 0 aromatic heterocycles. The molecule has 3 unspecified atom stereocenters. The second kappa shape index (κ2) is 17.4. The average molecular weight is 537 g/mol. The minimum Gasteiger partial charge on any atom is -0.465 e. The number of carbonyl (C=O) groups excluding carboxylic acids is 1. The van der Waals surface area contributed by atoms with E-state index < -0.39 is 24.3 Å². The van der Waals surface area contributed by atoms with Gasteiger partial charge in [0, 0.05) is 19.6 Å². The molecule has 2 heterocycles. The van der Waals surface area contributed by atoms with E-state index in [0.717, 1.165) is 64.2 Å². The van der Waals surface area contributed by atoms with E-state index in [0.29, 0.717) is 32.0 Å². The Kier molecular flexibility index (Phi) is 14.4. The first-order chi connectivity index (χ1) is 18.6. The second-order valence-electron chi connectivity index (χ2n) is 11.1. The lowest BCUT2D eigenvalue weighted by Gasteiger charge is -2.38. The molecule has 0 amide bonds. The van der Waals surface area contributed by atoms with Gasteiger partial charge in [-0.25, -0.2) is 4.79 Å². The smallest absolute Gasteiger partial charge is 0.366 e. The van der Waals surface area contributed by atoms with Gasteiger partial charge in [0.15, 0.2) is 12.6 Å². The van der Waals surface area contributed by atoms with Gasteiger partial charge < -0.3 is 28.8 Å². The Bertz CT molecular complexity index is 689. The Balaban J connectivity index is 1.57. The summed E-state index contributed by atoms with van der Waals surface area (Å²) in [6, 6.07) is 0. The van der Waals surface area contributed by atoms with Crippen molar-refractivity contribution in [3.8, 4) is 0 Å². The van der Waals surface area contributed by atoms with Gasteiger partial charge in [0.1, 0.15) is 0 Å². The van der Waals surface area contributed by atoms with Gasteiger partial charge in [-0.2, -0.15) is 0 Å². The highest BCUT2D eigenvalue weighted by Crippen LogP contribution is 2.36. The summed E-state index contributed by atoms with van der Waals surface area (Å²) in [5, 5.41) is 10.6. The predicted octanol–water partition coefficient (Wildman–Crippen LogP) is 6.58. The highest BCUT2D eigenvalue weighted by molar-refractivity contribution is 5.77. The number of aliphatic hydroxyl groups excluding tert-OH is 1. The zero-order valence-electron chi connectivity index (χ0n) is 23.8. The molecule has 3 aliphatic rings. The maximum atomic E-state index is 13.1. The molecule has 2 saturated heterocycles. The van der Waals surface area contributed by atoms with Gasteiger partial charge in [-0.15, -0.1) is 0 Å². The van der Waals surface area contributed by atoms with Crippen molar-refractivity contribution in [3.05, 3.63) is 24.3 Å². The minimum atomic E-state index is -1.57. The van der Waals surface area contributed by atoms with Crippen LogP contribution in [0.5, 0.6) is 0 Å². The zero-order chi connectivity index (χ0) is 27.1. The van der Waals surface area contributed by atoms with Crippen LogP contribution in [-0.4, -0.2) is 55.9 Å². The Morgan fingerprint density at radius 3 is 2.21 bits per heavy atom. The topological polar surface area (TPSA) is 83.5 Å². The first-order valence-corrected chi connectivity index (χ1v) is 15.2. The third-order valence-electron chi connectivity index (χ3n) is 8.08. The lowest BCUT2D eigenvalue weighted by molar-refractivity contribution is -0.352. The second-order valence-corrected chi connectivity index (χ2v) is 11.1. The Morgan fingerprint density at radius 2 is 1.61 bits per heavy atom. The van der Waals surface area contributed by atoms with Crippen molar-refractivity contribution in [2.45, 2.75) is 134 Å². The van der Waals surface area contributed by atoms with E-state index in [1.165, 1.54) is 32.8 Å². The number of carbonyl (C=O) groups is 1. The monoisotopic (exact) mass is 536 g/mol. The fourth-order valence-corrected chi connectivity index (χ4v) is 5.78. The minimum absolute atomic E-state index is 0.238. The molecule has 0 spiro atoms. The molecule has 0 aromatic rings. The summed E-state index contributed by atoms with van der Waals surface area (Å²) < 4.78 is 29.2. The predicted molar refractivity (Wildman–Crippen MR) is 147 cm³/mol. The molecular weight excluding hydrogens is 484 g/mol. The number of aliphatic hydroxyl groups is 1. The zero-order valence-corrected chi connectivity index (χ0v) is 23.8. The molecule has 5 atom stereocenters. The van der Waals surface area contributed by atoms with E-state index in [1.54, 1.807) is 0 Å². The molecule has 0 aromatic carbocycles. The van der Waals surface area contributed by atoms with Crippen LogP contribution in [0.15, 0.2) is 24.3 Å². The van der Waals surface area contributed by atoms with Crippen molar-refractivity contribution in [3.63, 3.8) is 0 Å². The van der Waals surface area contributed by atoms with E-state index >= 15 is 0 Å². The van der Waals surface area contributed by atoms with Crippen LogP contribution >= 0.6 is 0 Å². The van der Waals surface area contributed by atoms with Gasteiger partial charge in [-0.05, 0) is 88.9 Å². The van der Waals surface area contributed by atoms with Gasteiger partial charge in [0.2, 0.25) is 0 Å². The lowest BCUT2D eigenvalue weighted by atomic mass is 9.90. The van der Waals surface area contributed by atoms with Gasteiger partial charge in [0.05, 0.1) is 13.2 Å². The molecule has 218 valence electrons. The number of allylic oxidation sites excluding steroid dienone is 4. The molecule has 1 aliphatic carbocycles. The molecule has 3 fully saturated rings. The highest BCUT2D eigenvalue weighted by Gasteiger charge is 2.47. The Labute approximate surface area is 230 Å². The van der Waals surface area contributed by atoms with Crippen molar-refractivity contribution in [1.82, 2.24) is 0 Å². The number of esters is 1. The summed E-state index contributed by atoms with van der Waals surface area (Å²) in [6.45, 7) is 3.46. The largest absolute Gasteiger partial charge is 0.465 e. The summed E-state index contributed by atoms with van der Waals surface area (Å²) in [5.41, 5.74) is 0. The molecular formula is C31H52O7. The third-order valence-corrected chi connectivity index (χ3v) is 8.08. The molecule has 0 bridgehead atoms. The normalized spacial score (nSPS) is 30.1.